The van der Waals surface area contributed by atoms with Gasteiger partial charge in [0.05, 0.1) is 6.61 Å². The van der Waals surface area contributed by atoms with Gasteiger partial charge in [0.15, 0.2) is 0 Å². The number of esters is 1. The molecule has 0 amide bonds. The first-order chi connectivity index (χ1) is 16.5. The van der Waals surface area contributed by atoms with Crippen molar-refractivity contribution in [1.82, 2.24) is 4.90 Å². The number of allylic oxidation sites excluding steroid dienone is 1. The minimum Gasteiger partial charge on any atom is -0.494 e. The van der Waals surface area contributed by atoms with Gasteiger partial charge in [0.1, 0.15) is 11.5 Å². The Morgan fingerprint density at radius 1 is 0.794 bits per heavy atom. The van der Waals surface area contributed by atoms with Gasteiger partial charge in [-0.3, -0.25) is 4.79 Å². The highest BCUT2D eigenvalue weighted by Gasteiger charge is 2.12. The summed E-state index contributed by atoms with van der Waals surface area (Å²) in [5.41, 5.74) is 5.65. The molecule has 0 N–H and O–H groups in total. The fraction of sp³-hybridized carbons (Fsp3) is 0.300. The first kappa shape index (κ1) is 25.3. The van der Waals surface area contributed by atoms with Crippen LogP contribution >= 0.6 is 0 Å². The van der Waals surface area contributed by atoms with Crippen LogP contribution in [-0.4, -0.2) is 38.1 Å². The summed E-state index contributed by atoms with van der Waals surface area (Å²) >= 11 is 0. The zero-order chi connectivity index (χ0) is 24.3. The molecule has 0 atom stereocenters. The van der Waals surface area contributed by atoms with Crippen LogP contribution in [0.2, 0.25) is 0 Å². The van der Waals surface area contributed by atoms with E-state index in [2.05, 4.69) is 62.3 Å². The van der Waals surface area contributed by atoms with Crippen LogP contribution in [0, 0.1) is 0 Å². The third-order valence-electron chi connectivity index (χ3n) is 5.57. The summed E-state index contributed by atoms with van der Waals surface area (Å²) in [5, 5.41) is 0. The van der Waals surface area contributed by atoms with Crippen LogP contribution in [0.15, 0.2) is 78.9 Å². The molecule has 0 unspecified atom stereocenters. The van der Waals surface area contributed by atoms with Crippen LogP contribution in [0.5, 0.6) is 11.5 Å². The standard InChI is InChI=1S/C30H35NO3/c1-5-10-29(32)34-28-19-15-26(16-20-28)30(23(2)24-11-7-6-8-12-24)25-13-17-27(18-14-25)33-22-9-21-31(3)4/h6-8,11-20H,5,9-10,21-22H2,1-4H3/b30-23+. The van der Waals surface area contributed by atoms with Crippen molar-refractivity contribution in [3.8, 4) is 11.5 Å². The molecule has 178 valence electrons. The molecule has 0 aromatic heterocycles. The number of nitrogens with zero attached hydrogens (tertiary/aromatic N) is 1. The highest BCUT2D eigenvalue weighted by molar-refractivity contribution is 5.98. The van der Waals surface area contributed by atoms with Gasteiger partial charge in [-0.1, -0.05) is 61.5 Å². The Hall–Kier alpha value is -3.37. The summed E-state index contributed by atoms with van der Waals surface area (Å²) in [7, 11) is 4.14. The fourth-order valence-electron chi connectivity index (χ4n) is 3.80. The highest BCUT2D eigenvalue weighted by Crippen LogP contribution is 2.33. The monoisotopic (exact) mass is 457 g/mol. The predicted molar refractivity (Wildman–Crippen MR) is 140 cm³/mol. The van der Waals surface area contributed by atoms with Crippen molar-refractivity contribution < 1.29 is 14.3 Å². The maximum Gasteiger partial charge on any atom is 0.311 e. The molecule has 3 aromatic carbocycles. The van der Waals surface area contributed by atoms with Gasteiger partial charge in [-0.2, -0.15) is 0 Å². The average Bonchev–Trinajstić information content (AvgIpc) is 2.84. The summed E-state index contributed by atoms with van der Waals surface area (Å²) in [5.74, 6) is 1.24. The van der Waals surface area contributed by atoms with E-state index in [9.17, 15) is 4.79 Å². The smallest absolute Gasteiger partial charge is 0.311 e. The van der Waals surface area contributed by atoms with Crippen molar-refractivity contribution in [3.63, 3.8) is 0 Å². The van der Waals surface area contributed by atoms with Gasteiger partial charge >= 0.3 is 5.97 Å². The van der Waals surface area contributed by atoms with E-state index in [1.165, 1.54) is 11.1 Å². The number of carbonyl (C=O) groups is 1. The number of hydrogen-bond donors (Lipinski definition) is 0. The van der Waals surface area contributed by atoms with Crippen LogP contribution < -0.4 is 9.47 Å². The minimum atomic E-state index is -0.201. The molecule has 0 aliphatic rings. The lowest BCUT2D eigenvalue weighted by atomic mass is 9.90. The van der Waals surface area contributed by atoms with Gasteiger partial charge in [-0.15, -0.1) is 0 Å². The molecular formula is C30H35NO3. The first-order valence-corrected chi connectivity index (χ1v) is 11.9. The van der Waals surface area contributed by atoms with E-state index in [0.717, 1.165) is 41.8 Å². The number of benzene rings is 3. The van der Waals surface area contributed by atoms with E-state index >= 15 is 0 Å². The number of hydrogen-bond acceptors (Lipinski definition) is 4. The highest BCUT2D eigenvalue weighted by atomic mass is 16.5. The topological polar surface area (TPSA) is 38.8 Å². The van der Waals surface area contributed by atoms with E-state index in [4.69, 9.17) is 9.47 Å². The maximum atomic E-state index is 11.9. The largest absolute Gasteiger partial charge is 0.494 e. The molecule has 0 aliphatic carbocycles. The zero-order valence-corrected chi connectivity index (χ0v) is 20.7. The third-order valence-corrected chi connectivity index (χ3v) is 5.57. The van der Waals surface area contributed by atoms with Crippen LogP contribution in [-0.2, 0) is 4.79 Å². The van der Waals surface area contributed by atoms with Crippen molar-refractivity contribution in [2.45, 2.75) is 33.1 Å². The van der Waals surface area contributed by atoms with E-state index in [1.807, 2.05) is 49.4 Å². The summed E-state index contributed by atoms with van der Waals surface area (Å²) in [6.07, 6.45) is 2.18. The molecule has 4 nitrogen and oxygen atoms in total. The van der Waals surface area contributed by atoms with Crippen molar-refractivity contribution >= 4 is 17.1 Å². The minimum absolute atomic E-state index is 0.201. The van der Waals surface area contributed by atoms with Crippen LogP contribution in [0.3, 0.4) is 0 Å². The second kappa shape index (κ2) is 12.8. The second-order valence-electron chi connectivity index (χ2n) is 8.64. The molecule has 4 heteroatoms. The van der Waals surface area contributed by atoms with E-state index in [1.54, 1.807) is 0 Å². The van der Waals surface area contributed by atoms with E-state index in [-0.39, 0.29) is 5.97 Å². The predicted octanol–water partition coefficient (Wildman–Crippen LogP) is 6.70. The zero-order valence-electron chi connectivity index (χ0n) is 20.7. The molecule has 3 rings (SSSR count). The van der Waals surface area contributed by atoms with Gasteiger partial charge < -0.3 is 14.4 Å². The molecule has 34 heavy (non-hydrogen) atoms. The van der Waals surface area contributed by atoms with Crippen molar-refractivity contribution in [2.24, 2.45) is 0 Å². The molecule has 0 spiro atoms. The van der Waals surface area contributed by atoms with Crippen molar-refractivity contribution in [1.29, 1.82) is 0 Å². The lowest BCUT2D eigenvalue weighted by molar-refractivity contribution is -0.134. The van der Waals surface area contributed by atoms with E-state index < -0.39 is 0 Å². The van der Waals surface area contributed by atoms with Crippen molar-refractivity contribution in [3.05, 3.63) is 95.6 Å². The Kier molecular flexibility index (Phi) is 9.48. The molecule has 0 aliphatic heterocycles. The maximum absolute atomic E-state index is 11.9. The summed E-state index contributed by atoms with van der Waals surface area (Å²) < 4.78 is 11.4. The van der Waals surface area contributed by atoms with Gasteiger partial charge in [0.25, 0.3) is 0 Å². The summed E-state index contributed by atoms with van der Waals surface area (Å²) in [4.78, 5) is 14.0. The lowest BCUT2D eigenvalue weighted by Gasteiger charge is -2.16. The van der Waals surface area contributed by atoms with E-state index in [0.29, 0.717) is 18.8 Å². The molecule has 0 radical (unpaired) electrons. The van der Waals surface area contributed by atoms with Crippen LogP contribution in [0.1, 0.15) is 49.8 Å². The number of carbonyl (C=O) groups excluding carboxylic acids is 1. The first-order valence-electron chi connectivity index (χ1n) is 11.9. The third kappa shape index (κ3) is 7.32. The molecule has 0 saturated carbocycles. The second-order valence-corrected chi connectivity index (χ2v) is 8.64. The summed E-state index contributed by atoms with van der Waals surface area (Å²) in [6, 6.07) is 26.4. The summed E-state index contributed by atoms with van der Waals surface area (Å²) in [6.45, 7) is 5.81. The van der Waals surface area contributed by atoms with Gasteiger partial charge in [0.2, 0.25) is 0 Å². The quantitative estimate of drug-likeness (QED) is 0.139. The molecular weight excluding hydrogens is 422 g/mol. The normalized spacial score (nSPS) is 11.8. The van der Waals surface area contributed by atoms with Crippen molar-refractivity contribution in [2.75, 3.05) is 27.2 Å². The molecule has 0 fully saturated rings. The fourth-order valence-corrected chi connectivity index (χ4v) is 3.80. The lowest BCUT2D eigenvalue weighted by Crippen LogP contribution is -2.15. The number of rotatable bonds is 11. The molecule has 0 bridgehead atoms. The SMILES string of the molecule is CCCC(=O)Oc1ccc(/C(=C(\C)c2ccccc2)c2ccc(OCCCN(C)C)cc2)cc1. The molecule has 0 heterocycles. The Balaban J connectivity index is 1.88. The average molecular weight is 458 g/mol. The van der Waals surface area contributed by atoms with Crippen LogP contribution in [0.25, 0.3) is 11.1 Å². The molecule has 0 saturated heterocycles. The van der Waals surface area contributed by atoms with Gasteiger partial charge in [0, 0.05) is 13.0 Å². The van der Waals surface area contributed by atoms with Gasteiger partial charge in [-0.25, -0.2) is 0 Å². The van der Waals surface area contributed by atoms with Gasteiger partial charge in [-0.05, 0) is 86.0 Å². The van der Waals surface area contributed by atoms with Crippen LogP contribution in [0.4, 0.5) is 0 Å². The Bertz CT molecular complexity index is 1070. The Labute approximate surface area is 203 Å². The number of ether oxygens (including phenoxy) is 2. The molecule has 3 aromatic rings. The Morgan fingerprint density at radius 2 is 1.38 bits per heavy atom. The Morgan fingerprint density at radius 3 is 1.94 bits per heavy atom.